The molecule has 3 atom stereocenters. The van der Waals surface area contributed by atoms with E-state index in [-0.39, 0.29) is 0 Å². The maximum Gasteiger partial charge on any atom is 0.0372 e. The molecule has 0 bridgehead atoms. The zero-order valence-electron chi connectivity index (χ0n) is 12.7. The number of para-hydroxylation sites is 1. The van der Waals surface area contributed by atoms with Crippen molar-refractivity contribution >= 4 is 5.69 Å². The molecule has 1 aliphatic heterocycles. The van der Waals surface area contributed by atoms with Crippen LogP contribution >= 0.6 is 0 Å². The highest BCUT2D eigenvalue weighted by Crippen LogP contribution is 2.32. The second-order valence-electron chi connectivity index (χ2n) is 6.57. The summed E-state index contributed by atoms with van der Waals surface area (Å²) in [4.78, 5) is 0. The summed E-state index contributed by atoms with van der Waals surface area (Å²) in [6.07, 6.45) is 9.65. The first-order chi connectivity index (χ1) is 9.84. The molecule has 2 aliphatic rings. The Kier molecular flexibility index (Phi) is 4.62. The molecule has 20 heavy (non-hydrogen) atoms. The molecule has 0 spiro atoms. The molecule has 0 amide bonds. The van der Waals surface area contributed by atoms with E-state index in [9.17, 15) is 0 Å². The highest BCUT2D eigenvalue weighted by Gasteiger charge is 2.32. The van der Waals surface area contributed by atoms with Crippen LogP contribution in [0.4, 0.5) is 5.69 Å². The highest BCUT2D eigenvalue weighted by molar-refractivity contribution is 5.51. The Balaban J connectivity index is 1.70. The van der Waals surface area contributed by atoms with Gasteiger partial charge in [0.05, 0.1) is 0 Å². The van der Waals surface area contributed by atoms with Crippen LogP contribution in [0, 0.1) is 12.8 Å². The highest BCUT2D eigenvalue weighted by atomic mass is 15.0. The number of piperidine rings is 1. The molecule has 1 aromatic carbocycles. The number of rotatable bonds is 3. The predicted octanol–water partition coefficient (Wildman–Crippen LogP) is 4.11. The largest absolute Gasteiger partial charge is 0.382 e. The molecule has 3 rings (SSSR count). The van der Waals surface area contributed by atoms with Gasteiger partial charge in [-0.2, -0.15) is 0 Å². The maximum atomic E-state index is 3.86. The third-order valence-electron chi connectivity index (χ3n) is 5.17. The summed E-state index contributed by atoms with van der Waals surface area (Å²) in [5.41, 5.74) is 2.70. The van der Waals surface area contributed by atoms with Crippen LogP contribution in [0.2, 0.25) is 0 Å². The molecule has 1 heterocycles. The molecule has 1 aromatic rings. The van der Waals surface area contributed by atoms with E-state index in [0.717, 1.165) is 12.0 Å². The number of benzene rings is 1. The number of aryl methyl sites for hydroxylation is 1. The lowest BCUT2D eigenvalue weighted by atomic mass is 9.77. The molecule has 0 radical (unpaired) electrons. The van der Waals surface area contributed by atoms with Gasteiger partial charge in [0, 0.05) is 17.8 Å². The first-order valence-corrected chi connectivity index (χ1v) is 8.40. The number of anilines is 1. The van der Waals surface area contributed by atoms with Crippen LogP contribution in [0.5, 0.6) is 0 Å². The van der Waals surface area contributed by atoms with E-state index < -0.39 is 0 Å². The van der Waals surface area contributed by atoms with Gasteiger partial charge in [-0.3, -0.25) is 0 Å². The smallest absolute Gasteiger partial charge is 0.0372 e. The summed E-state index contributed by atoms with van der Waals surface area (Å²) in [5.74, 6) is 0.809. The van der Waals surface area contributed by atoms with Gasteiger partial charge in [-0.15, -0.1) is 0 Å². The van der Waals surface area contributed by atoms with Crippen LogP contribution in [-0.2, 0) is 0 Å². The summed E-state index contributed by atoms with van der Waals surface area (Å²) in [6, 6.07) is 10.1. The Hall–Kier alpha value is -1.02. The molecule has 2 heteroatoms. The monoisotopic (exact) mass is 272 g/mol. The van der Waals surface area contributed by atoms with E-state index in [1.54, 1.807) is 0 Å². The molecule has 2 nitrogen and oxygen atoms in total. The average Bonchev–Trinajstić information content (AvgIpc) is 2.51. The van der Waals surface area contributed by atoms with E-state index >= 15 is 0 Å². The van der Waals surface area contributed by atoms with Crippen molar-refractivity contribution in [1.29, 1.82) is 0 Å². The summed E-state index contributed by atoms with van der Waals surface area (Å²) < 4.78 is 0. The fourth-order valence-electron chi connectivity index (χ4n) is 4.00. The number of nitrogens with one attached hydrogen (secondary N) is 2. The van der Waals surface area contributed by atoms with Crippen LogP contribution in [-0.4, -0.2) is 18.6 Å². The van der Waals surface area contributed by atoms with Gasteiger partial charge >= 0.3 is 0 Å². The van der Waals surface area contributed by atoms with Gasteiger partial charge in [-0.1, -0.05) is 37.5 Å². The van der Waals surface area contributed by atoms with E-state index in [4.69, 9.17) is 0 Å². The van der Waals surface area contributed by atoms with Crippen LogP contribution in [0.1, 0.15) is 50.5 Å². The van der Waals surface area contributed by atoms with Crippen molar-refractivity contribution in [3.8, 4) is 0 Å². The minimum absolute atomic E-state index is 0.653. The zero-order valence-corrected chi connectivity index (χ0v) is 12.7. The standard InChI is InChI=1S/C18H28N2/c1-14-8-2-4-10-16(14)20-18-12-5-3-9-15(18)17-11-6-7-13-19-17/h2,4,8,10,15,17-20H,3,5-7,9,11-13H2,1H3. The minimum atomic E-state index is 0.653. The zero-order chi connectivity index (χ0) is 13.8. The maximum absolute atomic E-state index is 3.86. The Morgan fingerprint density at radius 2 is 1.80 bits per heavy atom. The van der Waals surface area contributed by atoms with E-state index in [1.807, 2.05) is 0 Å². The first kappa shape index (κ1) is 13.9. The first-order valence-electron chi connectivity index (χ1n) is 8.40. The molecule has 2 fully saturated rings. The van der Waals surface area contributed by atoms with Gasteiger partial charge in [0.2, 0.25) is 0 Å². The molecule has 1 saturated heterocycles. The van der Waals surface area contributed by atoms with Crippen molar-refractivity contribution in [2.75, 3.05) is 11.9 Å². The molecule has 1 saturated carbocycles. The van der Waals surface area contributed by atoms with Gasteiger partial charge in [0.15, 0.2) is 0 Å². The second kappa shape index (κ2) is 6.62. The molecule has 2 N–H and O–H groups in total. The van der Waals surface area contributed by atoms with E-state index in [2.05, 4.69) is 41.8 Å². The van der Waals surface area contributed by atoms with Crippen molar-refractivity contribution in [2.24, 2.45) is 5.92 Å². The molecule has 0 aromatic heterocycles. The fourth-order valence-corrected chi connectivity index (χ4v) is 4.00. The average molecular weight is 272 g/mol. The summed E-state index contributed by atoms with van der Waals surface area (Å²) >= 11 is 0. The van der Waals surface area contributed by atoms with Crippen LogP contribution < -0.4 is 10.6 Å². The third kappa shape index (κ3) is 3.17. The summed E-state index contributed by atoms with van der Waals surface area (Å²) in [5, 5.41) is 7.64. The molecule has 3 unspecified atom stereocenters. The third-order valence-corrected chi connectivity index (χ3v) is 5.17. The van der Waals surface area contributed by atoms with Gasteiger partial charge in [-0.05, 0) is 56.7 Å². The van der Waals surface area contributed by atoms with Crippen LogP contribution in [0.25, 0.3) is 0 Å². The van der Waals surface area contributed by atoms with Crippen LogP contribution in [0.15, 0.2) is 24.3 Å². The Bertz CT molecular complexity index is 423. The topological polar surface area (TPSA) is 24.1 Å². The summed E-state index contributed by atoms with van der Waals surface area (Å²) in [7, 11) is 0. The van der Waals surface area contributed by atoms with Gasteiger partial charge < -0.3 is 10.6 Å². The van der Waals surface area contributed by atoms with E-state index in [0.29, 0.717) is 6.04 Å². The molecule has 1 aliphatic carbocycles. The van der Waals surface area contributed by atoms with Crippen LogP contribution in [0.3, 0.4) is 0 Å². The molecule has 110 valence electrons. The predicted molar refractivity (Wildman–Crippen MR) is 86.2 cm³/mol. The number of hydrogen-bond acceptors (Lipinski definition) is 2. The molecular weight excluding hydrogens is 244 g/mol. The van der Waals surface area contributed by atoms with E-state index in [1.165, 1.54) is 62.7 Å². The SMILES string of the molecule is Cc1ccccc1NC1CCCCC1C1CCCCN1. The van der Waals surface area contributed by atoms with Crippen molar-refractivity contribution in [3.05, 3.63) is 29.8 Å². The van der Waals surface area contributed by atoms with Gasteiger partial charge in [0.25, 0.3) is 0 Å². The summed E-state index contributed by atoms with van der Waals surface area (Å²) in [6.45, 7) is 3.43. The van der Waals surface area contributed by atoms with Crippen molar-refractivity contribution in [2.45, 2.75) is 64.0 Å². The Morgan fingerprint density at radius 3 is 2.60 bits per heavy atom. The van der Waals surface area contributed by atoms with Crippen molar-refractivity contribution in [1.82, 2.24) is 5.32 Å². The lowest BCUT2D eigenvalue weighted by Crippen LogP contribution is -2.48. The lowest BCUT2D eigenvalue weighted by molar-refractivity contribution is 0.217. The second-order valence-corrected chi connectivity index (χ2v) is 6.57. The minimum Gasteiger partial charge on any atom is -0.382 e. The Morgan fingerprint density at radius 1 is 1.00 bits per heavy atom. The quantitative estimate of drug-likeness (QED) is 0.865. The van der Waals surface area contributed by atoms with Crippen molar-refractivity contribution in [3.63, 3.8) is 0 Å². The number of hydrogen-bond donors (Lipinski definition) is 2. The Labute approximate surface area is 123 Å². The lowest BCUT2D eigenvalue weighted by Gasteiger charge is -2.40. The van der Waals surface area contributed by atoms with Gasteiger partial charge in [-0.25, -0.2) is 0 Å². The van der Waals surface area contributed by atoms with Crippen molar-refractivity contribution < 1.29 is 0 Å². The fraction of sp³-hybridized carbons (Fsp3) is 0.667. The van der Waals surface area contributed by atoms with Gasteiger partial charge in [0.1, 0.15) is 0 Å². The normalized spacial score (nSPS) is 30.9. The molecular formula is C18H28N2.